The number of primary amides is 1. The van der Waals surface area contributed by atoms with Gasteiger partial charge in [-0.3, -0.25) is 23.9 Å². The van der Waals surface area contributed by atoms with E-state index in [4.69, 9.17) is 19.0 Å². The maximum atomic E-state index is 13.8. The predicted octanol–water partition coefficient (Wildman–Crippen LogP) is 8.48. The van der Waals surface area contributed by atoms with E-state index in [1.54, 1.807) is 15.9 Å². The summed E-state index contributed by atoms with van der Waals surface area (Å²) in [7, 11) is 0. The number of carboxylic acids is 1. The highest BCUT2D eigenvalue weighted by Gasteiger charge is 2.71. The van der Waals surface area contributed by atoms with Crippen LogP contribution in [0.2, 0.25) is 0 Å². The second-order valence-electron chi connectivity index (χ2n) is 21.6. The first-order valence-electron chi connectivity index (χ1n) is 25.2. The molecule has 2 aliphatic carbocycles. The van der Waals surface area contributed by atoms with Gasteiger partial charge < -0.3 is 39.8 Å². The molecule has 76 heavy (non-hydrogen) atoms. The Hall–Kier alpha value is -5.91. The largest absolute Gasteiger partial charge is 0.478 e. The van der Waals surface area contributed by atoms with Crippen LogP contribution in [-0.4, -0.2) is 136 Å². The standard InChI is InChI=1S/C28H38F3NO6.C23H22F6N4O2.CH3NO/c1-18(36-16-27-10-6-21(7-11-27)37-17-27)14-24(33)32-12-8-19(9-13-32)20-4-5-23(22(15-20)28(29,30)31)38-26(2,3)25(34)35;24-22(25,26)17-3-1-15(2-4-17)10-33-11-16(9-30-33)18(34)31-8-7-20(12-31)13-32(14-20)19(35)21(5-6-21)23(27,28)29;2-1-3/h4-5,15,18-19,21H,6-14,16-17H2,1-3H3,(H,34,35);1-4,9,11H,5-8,10,12-14H2;1H,(H2,2,3). The van der Waals surface area contributed by atoms with Crippen LogP contribution in [0, 0.1) is 16.2 Å². The molecule has 1 unspecified atom stereocenters. The van der Waals surface area contributed by atoms with Crippen LogP contribution in [0.15, 0.2) is 54.9 Å². The number of aliphatic carboxylic acids is 1. The zero-order chi connectivity index (χ0) is 55.6. The maximum Gasteiger partial charge on any atom is 0.419 e. The second-order valence-corrected chi connectivity index (χ2v) is 21.6. The number of carbonyl (C=O) groups is 5. The molecule has 3 N–H and O–H groups in total. The Kier molecular flexibility index (Phi) is 16.9. The Morgan fingerprint density at radius 1 is 0.842 bits per heavy atom. The van der Waals surface area contributed by atoms with Gasteiger partial charge in [0.05, 0.1) is 61.3 Å². The number of likely N-dealkylation sites (tertiary alicyclic amines) is 3. The SMILES string of the molecule is CC(CC(=O)N1CCC(c2ccc(OC(C)(C)C(=O)O)c(C(F)(F)F)c2)CC1)OCC12CCC(CC1)OC2.NC=O.O=C(c1cnn(Cc2ccc(C(F)(F)F)cc2)c1)N1CCC2(C1)CN(C(=O)C1(C(F)(F)F)CC1)C2. The van der Waals surface area contributed by atoms with E-state index in [9.17, 15) is 63.8 Å². The van der Waals surface area contributed by atoms with E-state index in [2.05, 4.69) is 10.8 Å². The van der Waals surface area contributed by atoms with Gasteiger partial charge in [0.15, 0.2) is 5.60 Å². The average molecular weight is 1090 g/mol. The third kappa shape index (κ3) is 13.2. The van der Waals surface area contributed by atoms with Crippen LogP contribution in [-0.2, 0) is 47.5 Å². The smallest absolute Gasteiger partial charge is 0.419 e. The van der Waals surface area contributed by atoms with Crippen molar-refractivity contribution in [3.63, 3.8) is 0 Å². The number of carboxylic acid groups (broad SMARTS) is 1. The number of ether oxygens (including phenoxy) is 3. The molecule has 5 aliphatic heterocycles. The Labute approximate surface area is 433 Å². The van der Waals surface area contributed by atoms with Crippen molar-refractivity contribution < 1.29 is 82.8 Å². The van der Waals surface area contributed by atoms with Crippen molar-refractivity contribution in [3.8, 4) is 5.75 Å². The van der Waals surface area contributed by atoms with E-state index in [1.807, 2.05) is 6.92 Å². The molecule has 7 aliphatic rings. The molecular weight excluding hydrogens is 1020 g/mol. The highest BCUT2D eigenvalue weighted by Crippen LogP contribution is 2.60. The molecule has 418 valence electrons. The molecule has 2 saturated carbocycles. The first-order chi connectivity index (χ1) is 35.5. The van der Waals surface area contributed by atoms with Crippen molar-refractivity contribution in [2.45, 2.75) is 134 Å². The minimum atomic E-state index is -4.70. The molecule has 2 aromatic carbocycles. The van der Waals surface area contributed by atoms with Gasteiger partial charge in [-0.1, -0.05) is 18.2 Å². The van der Waals surface area contributed by atoms with Crippen molar-refractivity contribution in [1.82, 2.24) is 24.5 Å². The number of halogens is 9. The van der Waals surface area contributed by atoms with Gasteiger partial charge in [-0.25, -0.2) is 4.79 Å². The molecule has 3 aromatic rings. The average Bonchev–Trinajstić information content (AvgIpc) is 3.87. The Morgan fingerprint density at radius 2 is 1.46 bits per heavy atom. The molecule has 24 heteroatoms. The Morgan fingerprint density at radius 3 is 2.00 bits per heavy atom. The summed E-state index contributed by atoms with van der Waals surface area (Å²) in [6, 6.07) is 8.48. The number of alkyl halides is 9. The van der Waals surface area contributed by atoms with Crippen LogP contribution < -0.4 is 10.5 Å². The van der Waals surface area contributed by atoms with E-state index in [-0.39, 0.29) is 80.0 Å². The third-order valence-corrected chi connectivity index (χ3v) is 15.5. The van der Waals surface area contributed by atoms with Crippen LogP contribution in [0.5, 0.6) is 5.75 Å². The molecule has 15 nitrogen and oxygen atoms in total. The second kappa shape index (κ2) is 22.2. The molecule has 0 radical (unpaired) electrons. The first kappa shape index (κ1) is 57.8. The van der Waals surface area contributed by atoms with Gasteiger partial charge in [0, 0.05) is 56.3 Å². The van der Waals surface area contributed by atoms with Crippen LogP contribution in [0.1, 0.15) is 124 Å². The minimum absolute atomic E-state index is 0.00678. The van der Waals surface area contributed by atoms with Gasteiger partial charge in [0.1, 0.15) is 11.2 Å². The van der Waals surface area contributed by atoms with Crippen LogP contribution >= 0.6 is 0 Å². The van der Waals surface area contributed by atoms with Gasteiger partial charge in [0.2, 0.25) is 18.2 Å². The number of rotatable bonds is 13. The first-order valence-corrected chi connectivity index (χ1v) is 25.2. The number of hydrogen-bond acceptors (Lipinski definition) is 9. The molecule has 2 bridgehead atoms. The fourth-order valence-corrected chi connectivity index (χ4v) is 10.7. The topological polar surface area (TPSA) is 187 Å². The summed E-state index contributed by atoms with van der Waals surface area (Å²) in [5, 5.41) is 13.4. The van der Waals surface area contributed by atoms with Crippen LogP contribution in [0.4, 0.5) is 39.5 Å². The van der Waals surface area contributed by atoms with Crippen LogP contribution in [0.3, 0.4) is 0 Å². The number of nitrogens with two attached hydrogens (primary N) is 1. The number of benzene rings is 2. The van der Waals surface area contributed by atoms with E-state index < -0.39 is 58.3 Å². The summed E-state index contributed by atoms with van der Waals surface area (Å²) in [6.45, 7) is 7.94. The third-order valence-electron chi connectivity index (χ3n) is 15.5. The Bertz CT molecular complexity index is 2550. The summed E-state index contributed by atoms with van der Waals surface area (Å²) in [5.41, 5.74) is -0.505. The molecule has 1 aromatic heterocycles. The summed E-state index contributed by atoms with van der Waals surface area (Å²) in [4.78, 5) is 62.8. The lowest BCUT2D eigenvalue weighted by molar-refractivity contribution is -0.204. The summed E-state index contributed by atoms with van der Waals surface area (Å²) >= 11 is 0. The fraction of sp³-hybridized carbons (Fsp3) is 0.615. The van der Waals surface area contributed by atoms with E-state index in [0.29, 0.717) is 74.8 Å². The van der Waals surface area contributed by atoms with Gasteiger partial charge in [-0.2, -0.15) is 44.6 Å². The summed E-state index contributed by atoms with van der Waals surface area (Å²) in [6.07, 6.45) is -4.34. The highest BCUT2D eigenvalue weighted by molar-refractivity contribution is 5.94. The van der Waals surface area contributed by atoms with Crippen LogP contribution in [0.25, 0.3) is 0 Å². The van der Waals surface area contributed by atoms with Crippen molar-refractivity contribution in [2.24, 2.45) is 22.0 Å². The zero-order valence-corrected chi connectivity index (χ0v) is 42.4. The lowest BCUT2D eigenvalue weighted by Gasteiger charge is -2.49. The predicted molar refractivity (Wildman–Crippen MR) is 253 cm³/mol. The number of fused-ring (bicyclic) bond motifs is 3. The quantitative estimate of drug-likeness (QED) is 0.124. The number of nitrogens with zero attached hydrogens (tertiary/aromatic N) is 5. The maximum absolute atomic E-state index is 13.8. The lowest BCUT2D eigenvalue weighted by Crippen LogP contribution is -2.62. The molecule has 10 rings (SSSR count). The van der Waals surface area contributed by atoms with Crippen molar-refractivity contribution in [3.05, 3.63) is 82.7 Å². The molecule has 6 heterocycles. The van der Waals surface area contributed by atoms with Crippen molar-refractivity contribution in [1.29, 1.82) is 0 Å². The zero-order valence-electron chi connectivity index (χ0n) is 42.4. The van der Waals surface area contributed by atoms with Gasteiger partial charge in [0.25, 0.3) is 5.91 Å². The number of amides is 4. The minimum Gasteiger partial charge on any atom is -0.478 e. The van der Waals surface area contributed by atoms with Gasteiger partial charge >= 0.3 is 24.5 Å². The monoisotopic (exact) mass is 1090 g/mol. The highest BCUT2D eigenvalue weighted by atomic mass is 19.4. The van der Waals surface area contributed by atoms with Gasteiger partial charge in [-0.15, -0.1) is 0 Å². The molecule has 1 spiro atoms. The molecular formula is C52H63F9N6O9. The van der Waals surface area contributed by atoms with E-state index in [0.717, 1.165) is 50.5 Å². The molecule has 4 amide bonds. The number of hydrogen-bond donors (Lipinski definition) is 2. The van der Waals surface area contributed by atoms with E-state index >= 15 is 0 Å². The molecule has 1 atom stereocenters. The van der Waals surface area contributed by atoms with Gasteiger partial charge in [-0.05, 0) is 120 Å². The number of carbonyl (C=O) groups excluding carboxylic acids is 4. The lowest BCUT2D eigenvalue weighted by atomic mass is 9.72. The summed E-state index contributed by atoms with van der Waals surface area (Å²) < 4.78 is 138. The van der Waals surface area contributed by atoms with E-state index in [1.165, 1.54) is 54.0 Å². The van der Waals surface area contributed by atoms with Crippen molar-refractivity contribution >= 4 is 30.1 Å². The molecule has 5 saturated heterocycles. The van der Waals surface area contributed by atoms with Crippen molar-refractivity contribution in [2.75, 3.05) is 52.5 Å². The molecule has 7 fully saturated rings. The normalized spacial score (nSPS) is 22.4. The fourth-order valence-electron chi connectivity index (χ4n) is 10.7. The Balaban J connectivity index is 0.000000211. The number of piperidine rings is 1. The number of aromatic nitrogens is 2. The summed E-state index contributed by atoms with van der Waals surface area (Å²) in [5.74, 6) is -3.16.